The maximum atomic E-state index is 13.1. The molecule has 0 atom stereocenters. The zero-order chi connectivity index (χ0) is 25.3. The van der Waals surface area contributed by atoms with E-state index in [-0.39, 0.29) is 11.9 Å². The van der Waals surface area contributed by atoms with Gasteiger partial charge in [0.1, 0.15) is 16.9 Å². The van der Waals surface area contributed by atoms with Gasteiger partial charge in [-0.25, -0.2) is 9.97 Å². The van der Waals surface area contributed by atoms with Crippen molar-refractivity contribution in [2.75, 3.05) is 23.5 Å². The smallest absolute Gasteiger partial charge is 0.256 e. The Labute approximate surface area is 220 Å². The molecule has 4 N–H and O–H groups in total. The number of aromatic nitrogens is 3. The van der Waals surface area contributed by atoms with Crippen molar-refractivity contribution < 1.29 is 19.4 Å². The van der Waals surface area contributed by atoms with Gasteiger partial charge in [0, 0.05) is 29.3 Å². The van der Waals surface area contributed by atoms with Crippen LogP contribution < -0.4 is 20.7 Å². The van der Waals surface area contributed by atoms with Gasteiger partial charge in [-0.15, -0.1) is 11.8 Å². The fourth-order valence-corrected chi connectivity index (χ4v) is 5.78. The molecule has 5 rings (SSSR count). The lowest BCUT2D eigenvalue weighted by atomic mass is 9.81. The standard InChI is InChI=1S/C24H25BrN6O4S/c1-35-20-3-2-15-21(31-20)16(6-9-26-15)29-23(33)24(34)7-4-13(5-8-24)27-11-17-14(25)10-18-22(28-17)30-19(32)12-36-18/h2-3,6,9-10,13,27,34H,4-5,7-8,11-12H2,1H3,(H,26,29,33)(H,28,30,32). The maximum absolute atomic E-state index is 13.1. The van der Waals surface area contributed by atoms with E-state index in [1.54, 1.807) is 24.4 Å². The van der Waals surface area contributed by atoms with Crippen molar-refractivity contribution in [2.45, 2.75) is 48.8 Å². The average molecular weight is 573 g/mol. The maximum Gasteiger partial charge on any atom is 0.256 e. The van der Waals surface area contributed by atoms with E-state index in [2.05, 4.69) is 46.8 Å². The number of carbonyl (C=O) groups excluding carboxylic acids is 2. The number of nitrogens with zero attached hydrogens (tertiary/aromatic N) is 3. The summed E-state index contributed by atoms with van der Waals surface area (Å²) >= 11 is 5.04. The van der Waals surface area contributed by atoms with Crippen LogP contribution in [0.3, 0.4) is 0 Å². The molecule has 2 aliphatic rings. The summed E-state index contributed by atoms with van der Waals surface area (Å²) in [5, 5.41) is 20.2. The SMILES string of the molecule is COc1ccc2nccc(NC(=O)C3(O)CCC(NCc4nc5c(cc4Br)SCC(=O)N5)CC3)c2n1. The quantitative estimate of drug-likeness (QED) is 0.350. The molecule has 2 amide bonds. The van der Waals surface area contributed by atoms with Crippen LogP contribution >= 0.6 is 27.7 Å². The summed E-state index contributed by atoms with van der Waals surface area (Å²) in [7, 11) is 1.52. The Bertz CT molecular complexity index is 1330. The van der Waals surface area contributed by atoms with Crippen LogP contribution in [0.1, 0.15) is 31.4 Å². The van der Waals surface area contributed by atoms with E-state index >= 15 is 0 Å². The van der Waals surface area contributed by atoms with E-state index in [1.165, 1.54) is 18.9 Å². The fraction of sp³-hybridized carbons (Fsp3) is 0.375. The molecule has 10 nitrogen and oxygen atoms in total. The van der Waals surface area contributed by atoms with E-state index < -0.39 is 11.5 Å². The number of halogens is 1. The molecule has 0 saturated heterocycles. The van der Waals surface area contributed by atoms with Gasteiger partial charge >= 0.3 is 0 Å². The van der Waals surface area contributed by atoms with Crippen molar-refractivity contribution in [3.63, 3.8) is 0 Å². The molecule has 3 aromatic heterocycles. The van der Waals surface area contributed by atoms with Gasteiger partial charge in [0.2, 0.25) is 11.8 Å². The highest BCUT2D eigenvalue weighted by molar-refractivity contribution is 9.10. The topological polar surface area (TPSA) is 138 Å². The normalized spacial score (nSPS) is 21.5. The van der Waals surface area contributed by atoms with Gasteiger partial charge in [0.25, 0.3) is 5.91 Å². The van der Waals surface area contributed by atoms with Gasteiger partial charge in [-0.05, 0) is 59.8 Å². The molecule has 1 aliphatic heterocycles. The number of anilines is 2. The number of fused-ring (bicyclic) bond motifs is 2. The zero-order valence-electron chi connectivity index (χ0n) is 19.5. The Morgan fingerprint density at radius 3 is 2.89 bits per heavy atom. The third-order valence-corrected chi connectivity index (χ3v) is 8.15. The highest BCUT2D eigenvalue weighted by atomic mass is 79.9. The first-order chi connectivity index (χ1) is 17.3. The van der Waals surface area contributed by atoms with Crippen molar-refractivity contribution in [2.24, 2.45) is 0 Å². The third kappa shape index (κ3) is 5.17. The van der Waals surface area contributed by atoms with Crippen molar-refractivity contribution in [3.05, 3.63) is 40.6 Å². The molecule has 1 saturated carbocycles. The average Bonchev–Trinajstić information content (AvgIpc) is 2.88. The molecule has 188 valence electrons. The third-order valence-electron chi connectivity index (χ3n) is 6.44. The molecule has 0 spiro atoms. The first kappa shape index (κ1) is 24.9. The Balaban J connectivity index is 1.20. The van der Waals surface area contributed by atoms with Crippen LogP contribution in [-0.4, -0.2) is 56.4 Å². The van der Waals surface area contributed by atoms with Crippen LogP contribution in [0.15, 0.2) is 39.8 Å². The van der Waals surface area contributed by atoms with Crippen molar-refractivity contribution in [1.29, 1.82) is 0 Å². The van der Waals surface area contributed by atoms with Crippen LogP contribution in [0.5, 0.6) is 5.88 Å². The second-order valence-electron chi connectivity index (χ2n) is 8.82. The van der Waals surface area contributed by atoms with Crippen molar-refractivity contribution >= 4 is 62.0 Å². The second-order valence-corrected chi connectivity index (χ2v) is 10.7. The van der Waals surface area contributed by atoms with Crippen LogP contribution in [0.25, 0.3) is 11.0 Å². The summed E-state index contributed by atoms with van der Waals surface area (Å²) in [5.41, 5.74) is 0.919. The predicted octanol–water partition coefficient (Wildman–Crippen LogP) is 3.24. The minimum Gasteiger partial charge on any atom is -0.481 e. The largest absolute Gasteiger partial charge is 0.481 e. The number of rotatable bonds is 6. The number of carbonyl (C=O) groups is 2. The number of aliphatic hydroxyl groups is 1. The van der Waals surface area contributed by atoms with E-state index in [4.69, 9.17) is 4.74 Å². The Morgan fingerprint density at radius 2 is 2.11 bits per heavy atom. The fourth-order valence-electron chi connectivity index (χ4n) is 4.37. The molecular formula is C24H25BrN6O4S. The highest BCUT2D eigenvalue weighted by Crippen LogP contribution is 2.34. The van der Waals surface area contributed by atoms with Gasteiger partial charge in [0.15, 0.2) is 0 Å². The lowest BCUT2D eigenvalue weighted by molar-refractivity contribution is -0.137. The number of pyridine rings is 3. The second kappa shape index (κ2) is 10.3. The van der Waals surface area contributed by atoms with Crippen molar-refractivity contribution in [3.8, 4) is 5.88 Å². The Kier molecular flexibility index (Phi) is 7.11. The summed E-state index contributed by atoms with van der Waals surface area (Å²) in [6, 6.07) is 7.23. The van der Waals surface area contributed by atoms with Crippen LogP contribution in [0.2, 0.25) is 0 Å². The highest BCUT2D eigenvalue weighted by Gasteiger charge is 2.40. The number of hydrogen-bond acceptors (Lipinski definition) is 9. The van der Waals surface area contributed by atoms with E-state index in [1.807, 2.05) is 6.07 Å². The molecule has 1 fully saturated rings. The predicted molar refractivity (Wildman–Crippen MR) is 140 cm³/mol. The van der Waals surface area contributed by atoms with Gasteiger partial charge < -0.3 is 25.8 Å². The molecule has 0 aromatic carbocycles. The minimum absolute atomic E-state index is 0.0549. The van der Waals surface area contributed by atoms with Gasteiger partial charge in [-0.3, -0.25) is 14.6 Å². The molecule has 4 heterocycles. The molecule has 0 radical (unpaired) electrons. The first-order valence-corrected chi connectivity index (χ1v) is 13.3. The number of hydrogen-bond donors (Lipinski definition) is 4. The lowest BCUT2D eigenvalue weighted by Crippen LogP contribution is -2.48. The monoisotopic (exact) mass is 572 g/mol. The number of nitrogens with one attached hydrogen (secondary N) is 3. The van der Waals surface area contributed by atoms with E-state index in [0.717, 1.165) is 15.1 Å². The molecule has 1 aliphatic carbocycles. The van der Waals surface area contributed by atoms with Gasteiger partial charge in [-0.2, -0.15) is 0 Å². The minimum atomic E-state index is -1.47. The summed E-state index contributed by atoms with van der Waals surface area (Å²) in [6.45, 7) is 0.500. The van der Waals surface area contributed by atoms with E-state index in [0.29, 0.717) is 66.4 Å². The zero-order valence-corrected chi connectivity index (χ0v) is 21.9. The van der Waals surface area contributed by atoms with Crippen LogP contribution in [0, 0.1) is 0 Å². The molecule has 0 unspecified atom stereocenters. The summed E-state index contributed by atoms with van der Waals surface area (Å²) in [6.07, 6.45) is 3.49. The molecule has 3 aromatic rings. The summed E-state index contributed by atoms with van der Waals surface area (Å²) in [4.78, 5) is 38.9. The van der Waals surface area contributed by atoms with Crippen LogP contribution in [0.4, 0.5) is 11.5 Å². The number of thioether (sulfide) groups is 1. The van der Waals surface area contributed by atoms with Crippen LogP contribution in [-0.2, 0) is 16.1 Å². The Morgan fingerprint density at radius 1 is 1.31 bits per heavy atom. The van der Waals surface area contributed by atoms with Crippen molar-refractivity contribution in [1.82, 2.24) is 20.3 Å². The lowest BCUT2D eigenvalue weighted by Gasteiger charge is -2.35. The molecule has 36 heavy (non-hydrogen) atoms. The summed E-state index contributed by atoms with van der Waals surface area (Å²) < 4.78 is 6.06. The number of amides is 2. The van der Waals surface area contributed by atoms with Gasteiger partial charge in [-0.1, -0.05) is 0 Å². The number of ether oxygens (including phenoxy) is 1. The molecule has 0 bridgehead atoms. The Hall–Kier alpha value is -2.80. The molecule has 12 heteroatoms. The van der Waals surface area contributed by atoms with Gasteiger partial charge in [0.05, 0.1) is 34.7 Å². The van der Waals surface area contributed by atoms with E-state index in [9.17, 15) is 14.7 Å². The number of methoxy groups -OCH3 is 1. The molecular weight excluding hydrogens is 548 g/mol. The first-order valence-electron chi connectivity index (χ1n) is 11.5. The summed E-state index contributed by atoms with van der Waals surface area (Å²) in [5.74, 6) is 0.879.